The lowest BCUT2D eigenvalue weighted by atomic mass is 10.2. The zero-order valence-electron chi connectivity index (χ0n) is 6.35. The van der Waals surface area contributed by atoms with Crippen LogP contribution in [0.2, 0.25) is 0 Å². The van der Waals surface area contributed by atoms with Crippen LogP contribution in [0.5, 0.6) is 0 Å². The molecule has 0 aromatic rings. The molecule has 1 saturated carbocycles. The van der Waals surface area contributed by atoms with Gasteiger partial charge in [-0.3, -0.25) is 4.79 Å². The fourth-order valence-electron chi connectivity index (χ4n) is 0.617. The molecule has 1 aliphatic rings. The number of carbonyl (C=O) groups is 1. The van der Waals surface area contributed by atoms with E-state index < -0.39 is 5.72 Å². The minimum absolute atomic E-state index is 0.0374. The molecule has 1 fully saturated rings. The van der Waals surface area contributed by atoms with Crippen LogP contribution >= 0.6 is 0 Å². The number of carbonyl (C=O) groups excluding carboxylic acids is 1. The molecule has 0 unspecified atom stereocenters. The van der Waals surface area contributed by atoms with Crippen molar-refractivity contribution < 1.29 is 9.90 Å². The van der Waals surface area contributed by atoms with Crippen molar-refractivity contribution in [2.75, 3.05) is 0 Å². The molecule has 1 aliphatic carbocycles. The van der Waals surface area contributed by atoms with Crippen molar-refractivity contribution in [2.45, 2.75) is 32.4 Å². The molecule has 0 atom stereocenters. The number of hydrogen-bond donors (Lipinski definition) is 2. The highest BCUT2D eigenvalue weighted by Crippen LogP contribution is 2.31. The van der Waals surface area contributed by atoms with E-state index in [9.17, 15) is 9.90 Å². The lowest BCUT2D eigenvalue weighted by molar-refractivity contribution is -0.127. The van der Waals surface area contributed by atoms with E-state index in [1.807, 2.05) is 0 Å². The molecule has 0 spiro atoms. The molecule has 0 aromatic carbocycles. The van der Waals surface area contributed by atoms with Crippen LogP contribution in [0.4, 0.5) is 0 Å². The van der Waals surface area contributed by atoms with Gasteiger partial charge in [0.05, 0.1) is 0 Å². The number of amides is 1. The summed E-state index contributed by atoms with van der Waals surface area (Å²) in [5, 5.41) is 11.8. The van der Waals surface area contributed by atoms with Crippen molar-refractivity contribution in [3.8, 4) is 0 Å². The van der Waals surface area contributed by atoms with E-state index in [1.54, 1.807) is 13.8 Å². The Morgan fingerprint density at radius 2 is 2.10 bits per heavy atom. The Kier molecular flexibility index (Phi) is 1.68. The Labute approximate surface area is 60.4 Å². The van der Waals surface area contributed by atoms with E-state index in [1.165, 1.54) is 0 Å². The Morgan fingerprint density at radius 1 is 1.60 bits per heavy atom. The van der Waals surface area contributed by atoms with Crippen LogP contribution in [-0.2, 0) is 4.79 Å². The first kappa shape index (κ1) is 7.54. The molecule has 0 radical (unpaired) electrons. The van der Waals surface area contributed by atoms with Crippen molar-refractivity contribution in [1.29, 1.82) is 0 Å². The third-order valence-corrected chi connectivity index (χ3v) is 1.60. The fourth-order valence-corrected chi connectivity index (χ4v) is 0.617. The van der Waals surface area contributed by atoms with Crippen molar-refractivity contribution >= 4 is 5.91 Å². The summed E-state index contributed by atoms with van der Waals surface area (Å²) in [6.45, 7) is 3.61. The third-order valence-electron chi connectivity index (χ3n) is 1.60. The molecular formula is C7H13NO2. The smallest absolute Gasteiger partial charge is 0.224 e. The van der Waals surface area contributed by atoms with Gasteiger partial charge in [-0.2, -0.15) is 0 Å². The summed E-state index contributed by atoms with van der Waals surface area (Å²) in [6, 6.07) is 0. The van der Waals surface area contributed by atoms with Crippen LogP contribution in [0, 0.1) is 5.92 Å². The molecule has 0 aromatic heterocycles. The molecule has 3 nitrogen and oxygen atoms in total. The molecule has 0 aliphatic heterocycles. The summed E-state index contributed by atoms with van der Waals surface area (Å²) in [5.74, 6) is -0.107. The maximum absolute atomic E-state index is 10.9. The van der Waals surface area contributed by atoms with Crippen LogP contribution in [0.3, 0.4) is 0 Å². The van der Waals surface area contributed by atoms with Crippen LogP contribution in [0.1, 0.15) is 26.7 Å². The lowest BCUT2D eigenvalue weighted by Gasteiger charge is -2.11. The SMILES string of the molecule is CC(C)C(=O)NC1(O)CC1. The minimum Gasteiger partial charge on any atom is -0.371 e. The van der Waals surface area contributed by atoms with E-state index in [-0.39, 0.29) is 11.8 Å². The van der Waals surface area contributed by atoms with E-state index in [0.29, 0.717) is 12.8 Å². The molecule has 1 rings (SSSR count). The minimum atomic E-state index is -0.846. The van der Waals surface area contributed by atoms with Gasteiger partial charge in [0.2, 0.25) is 5.91 Å². The summed E-state index contributed by atoms with van der Waals surface area (Å²) in [4.78, 5) is 10.9. The average molecular weight is 143 g/mol. The zero-order valence-corrected chi connectivity index (χ0v) is 6.35. The Morgan fingerprint density at radius 3 is 2.40 bits per heavy atom. The van der Waals surface area contributed by atoms with Gasteiger partial charge in [0.15, 0.2) is 0 Å². The van der Waals surface area contributed by atoms with Crippen molar-refractivity contribution in [3.05, 3.63) is 0 Å². The Bertz CT molecular complexity index is 150. The second kappa shape index (κ2) is 2.23. The largest absolute Gasteiger partial charge is 0.371 e. The Balaban J connectivity index is 2.31. The highest BCUT2D eigenvalue weighted by atomic mass is 16.3. The van der Waals surface area contributed by atoms with Gasteiger partial charge in [0, 0.05) is 5.92 Å². The quantitative estimate of drug-likeness (QED) is 0.544. The van der Waals surface area contributed by atoms with Crippen LogP contribution in [-0.4, -0.2) is 16.7 Å². The predicted molar refractivity (Wildman–Crippen MR) is 37.2 cm³/mol. The normalized spacial score (nSPS) is 20.8. The molecule has 2 N–H and O–H groups in total. The van der Waals surface area contributed by atoms with Gasteiger partial charge in [-0.15, -0.1) is 0 Å². The van der Waals surface area contributed by atoms with Gasteiger partial charge in [-0.1, -0.05) is 13.8 Å². The molecular weight excluding hydrogens is 130 g/mol. The molecule has 58 valence electrons. The van der Waals surface area contributed by atoms with Gasteiger partial charge in [-0.05, 0) is 12.8 Å². The summed E-state index contributed by atoms with van der Waals surface area (Å²) in [6.07, 6.45) is 1.40. The van der Waals surface area contributed by atoms with Crippen LogP contribution in [0.25, 0.3) is 0 Å². The van der Waals surface area contributed by atoms with Crippen molar-refractivity contribution in [2.24, 2.45) is 5.92 Å². The number of nitrogens with one attached hydrogen (secondary N) is 1. The first-order chi connectivity index (χ1) is 4.53. The van der Waals surface area contributed by atoms with Gasteiger partial charge in [0.1, 0.15) is 5.72 Å². The van der Waals surface area contributed by atoms with Crippen molar-refractivity contribution in [3.63, 3.8) is 0 Å². The molecule has 0 heterocycles. The molecule has 10 heavy (non-hydrogen) atoms. The first-order valence-corrected chi connectivity index (χ1v) is 3.58. The van der Waals surface area contributed by atoms with E-state index in [2.05, 4.69) is 5.32 Å². The summed E-state index contributed by atoms with van der Waals surface area (Å²) >= 11 is 0. The lowest BCUT2D eigenvalue weighted by Crippen LogP contribution is -2.38. The van der Waals surface area contributed by atoms with Gasteiger partial charge < -0.3 is 10.4 Å². The number of aliphatic hydroxyl groups is 1. The Hall–Kier alpha value is -0.570. The van der Waals surface area contributed by atoms with Crippen LogP contribution < -0.4 is 5.32 Å². The summed E-state index contributed by atoms with van der Waals surface area (Å²) < 4.78 is 0. The summed E-state index contributed by atoms with van der Waals surface area (Å²) in [5.41, 5.74) is -0.846. The molecule has 3 heteroatoms. The first-order valence-electron chi connectivity index (χ1n) is 3.58. The molecule has 0 saturated heterocycles. The monoisotopic (exact) mass is 143 g/mol. The molecule has 1 amide bonds. The number of hydrogen-bond acceptors (Lipinski definition) is 2. The average Bonchev–Trinajstić information content (AvgIpc) is 2.47. The fraction of sp³-hybridized carbons (Fsp3) is 0.857. The predicted octanol–water partition coefficient (Wildman–Crippen LogP) is 0.241. The maximum atomic E-state index is 10.9. The highest BCUT2D eigenvalue weighted by molar-refractivity contribution is 5.78. The highest BCUT2D eigenvalue weighted by Gasteiger charge is 2.41. The van der Waals surface area contributed by atoms with Gasteiger partial charge >= 0.3 is 0 Å². The topological polar surface area (TPSA) is 49.3 Å². The summed E-state index contributed by atoms with van der Waals surface area (Å²) in [7, 11) is 0. The van der Waals surface area contributed by atoms with Gasteiger partial charge in [-0.25, -0.2) is 0 Å². The van der Waals surface area contributed by atoms with E-state index >= 15 is 0 Å². The van der Waals surface area contributed by atoms with Crippen molar-refractivity contribution in [1.82, 2.24) is 5.32 Å². The number of rotatable bonds is 2. The zero-order chi connectivity index (χ0) is 7.78. The van der Waals surface area contributed by atoms with E-state index in [4.69, 9.17) is 0 Å². The van der Waals surface area contributed by atoms with Crippen LogP contribution in [0.15, 0.2) is 0 Å². The molecule has 0 bridgehead atoms. The maximum Gasteiger partial charge on any atom is 0.224 e. The standard InChI is InChI=1S/C7H13NO2/c1-5(2)6(9)8-7(10)3-4-7/h5,10H,3-4H2,1-2H3,(H,8,9). The van der Waals surface area contributed by atoms with E-state index in [0.717, 1.165) is 0 Å². The second-order valence-electron chi connectivity index (χ2n) is 3.18. The second-order valence-corrected chi connectivity index (χ2v) is 3.18. The third kappa shape index (κ3) is 1.70. The van der Waals surface area contributed by atoms with Gasteiger partial charge in [0.25, 0.3) is 0 Å².